The zero-order valence-electron chi connectivity index (χ0n) is 6.41. The first kappa shape index (κ1) is 7.55. The molecule has 0 bridgehead atoms. The van der Waals surface area contributed by atoms with Crippen LogP contribution in [0.1, 0.15) is 6.42 Å². The Labute approximate surface area is 67.1 Å². The highest BCUT2D eigenvalue weighted by atomic mass is 32.2. The SMILES string of the molecule is O=S1(=O)CCC(C2CNC2)C1. The third-order valence-electron chi connectivity index (χ3n) is 2.75. The smallest absolute Gasteiger partial charge is 0.150 e. The minimum atomic E-state index is -2.64. The minimum absolute atomic E-state index is 0.425. The van der Waals surface area contributed by atoms with Gasteiger partial charge >= 0.3 is 0 Å². The molecule has 0 aromatic heterocycles. The van der Waals surface area contributed by atoms with Crippen molar-refractivity contribution in [1.29, 1.82) is 0 Å². The van der Waals surface area contributed by atoms with Crippen LogP contribution in [0.5, 0.6) is 0 Å². The summed E-state index contributed by atoms with van der Waals surface area (Å²) in [5, 5.41) is 3.17. The molecular formula is C7H13NO2S. The molecule has 1 unspecified atom stereocenters. The molecule has 11 heavy (non-hydrogen) atoms. The van der Waals surface area contributed by atoms with Crippen molar-refractivity contribution in [3.05, 3.63) is 0 Å². The lowest BCUT2D eigenvalue weighted by molar-refractivity contribution is 0.253. The maximum Gasteiger partial charge on any atom is 0.150 e. The third kappa shape index (κ3) is 1.42. The Morgan fingerprint density at radius 1 is 1.18 bits per heavy atom. The fraction of sp³-hybridized carbons (Fsp3) is 1.00. The van der Waals surface area contributed by atoms with Gasteiger partial charge in [-0.25, -0.2) is 8.42 Å². The zero-order chi connectivity index (χ0) is 7.90. The molecule has 0 aliphatic carbocycles. The fourth-order valence-electron chi connectivity index (χ4n) is 1.84. The van der Waals surface area contributed by atoms with Crippen LogP contribution in [0.25, 0.3) is 0 Å². The topological polar surface area (TPSA) is 46.2 Å². The van der Waals surface area contributed by atoms with Gasteiger partial charge in [-0.2, -0.15) is 0 Å². The van der Waals surface area contributed by atoms with Crippen LogP contribution >= 0.6 is 0 Å². The van der Waals surface area contributed by atoms with Gasteiger partial charge in [-0.15, -0.1) is 0 Å². The molecule has 3 nitrogen and oxygen atoms in total. The summed E-state index contributed by atoms with van der Waals surface area (Å²) in [6.45, 7) is 2.06. The Hall–Kier alpha value is -0.0900. The fourth-order valence-corrected chi connectivity index (χ4v) is 3.76. The molecule has 0 aromatic rings. The van der Waals surface area contributed by atoms with Crippen LogP contribution in [0.2, 0.25) is 0 Å². The Morgan fingerprint density at radius 2 is 1.91 bits per heavy atom. The Balaban J connectivity index is 1.99. The Kier molecular flexibility index (Phi) is 1.68. The molecule has 0 aromatic carbocycles. The van der Waals surface area contributed by atoms with Crippen LogP contribution in [0.15, 0.2) is 0 Å². The van der Waals surface area contributed by atoms with E-state index in [0.29, 0.717) is 23.3 Å². The van der Waals surface area contributed by atoms with Crippen molar-refractivity contribution in [1.82, 2.24) is 5.32 Å². The van der Waals surface area contributed by atoms with Crippen LogP contribution < -0.4 is 5.32 Å². The average molecular weight is 175 g/mol. The molecule has 0 saturated carbocycles. The van der Waals surface area contributed by atoms with Crippen LogP contribution in [0.3, 0.4) is 0 Å². The van der Waals surface area contributed by atoms with Crippen LogP contribution in [0.4, 0.5) is 0 Å². The van der Waals surface area contributed by atoms with Gasteiger partial charge in [0.15, 0.2) is 9.84 Å². The van der Waals surface area contributed by atoms with Crippen molar-refractivity contribution >= 4 is 9.84 Å². The van der Waals surface area contributed by atoms with E-state index in [1.165, 1.54) is 0 Å². The highest BCUT2D eigenvalue weighted by Gasteiger charge is 2.35. The lowest BCUT2D eigenvalue weighted by atomic mass is 9.87. The van der Waals surface area contributed by atoms with Crippen molar-refractivity contribution in [2.75, 3.05) is 24.6 Å². The first-order valence-corrected chi connectivity index (χ1v) is 5.91. The number of hydrogen-bond acceptors (Lipinski definition) is 3. The van der Waals surface area contributed by atoms with E-state index in [1.54, 1.807) is 0 Å². The second kappa shape index (κ2) is 2.45. The number of nitrogens with one attached hydrogen (secondary N) is 1. The van der Waals surface area contributed by atoms with Gasteiger partial charge in [0.25, 0.3) is 0 Å². The molecule has 0 amide bonds. The summed E-state index contributed by atoms with van der Waals surface area (Å²) in [6, 6.07) is 0. The molecule has 2 rings (SSSR count). The Bertz CT molecular complexity index is 243. The lowest BCUT2D eigenvalue weighted by Crippen LogP contribution is -2.46. The molecule has 0 radical (unpaired) electrons. The summed E-state index contributed by atoms with van der Waals surface area (Å²) in [6.07, 6.45) is 0.898. The summed E-state index contributed by atoms with van der Waals surface area (Å²) in [7, 11) is -2.64. The first-order valence-electron chi connectivity index (χ1n) is 4.08. The number of sulfone groups is 1. The second-order valence-corrected chi connectivity index (χ2v) is 5.81. The van der Waals surface area contributed by atoms with E-state index < -0.39 is 9.84 Å². The van der Waals surface area contributed by atoms with E-state index in [0.717, 1.165) is 19.5 Å². The highest BCUT2D eigenvalue weighted by Crippen LogP contribution is 2.27. The molecular weight excluding hydrogens is 162 g/mol. The van der Waals surface area contributed by atoms with Crippen LogP contribution in [-0.2, 0) is 9.84 Å². The summed E-state index contributed by atoms with van der Waals surface area (Å²) < 4.78 is 22.1. The van der Waals surface area contributed by atoms with Crippen molar-refractivity contribution in [3.63, 3.8) is 0 Å². The van der Waals surface area contributed by atoms with Crippen LogP contribution in [-0.4, -0.2) is 33.0 Å². The van der Waals surface area contributed by atoms with Crippen molar-refractivity contribution < 1.29 is 8.42 Å². The lowest BCUT2D eigenvalue weighted by Gasteiger charge is -2.31. The molecule has 64 valence electrons. The van der Waals surface area contributed by atoms with E-state index in [1.807, 2.05) is 0 Å². The third-order valence-corrected chi connectivity index (χ3v) is 4.54. The van der Waals surface area contributed by atoms with E-state index >= 15 is 0 Å². The maximum absolute atomic E-state index is 11.1. The van der Waals surface area contributed by atoms with Gasteiger partial charge in [0, 0.05) is 0 Å². The van der Waals surface area contributed by atoms with E-state index in [-0.39, 0.29) is 0 Å². The summed E-state index contributed by atoms with van der Waals surface area (Å²) in [5.74, 6) is 1.97. The molecule has 2 aliphatic rings. The predicted octanol–water partition coefficient (Wildman–Crippen LogP) is -0.360. The predicted molar refractivity (Wildman–Crippen MR) is 43.1 cm³/mol. The van der Waals surface area contributed by atoms with Gasteiger partial charge in [0.2, 0.25) is 0 Å². The maximum atomic E-state index is 11.1. The molecule has 2 heterocycles. The molecule has 1 N–H and O–H groups in total. The van der Waals surface area contributed by atoms with E-state index in [9.17, 15) is 8.42 Å². The quantitative estimate of drug-likeness (QED) is 0.592. The number of hydrogen-bond donors (Lipinski definition) is 1. The van der Waals surface area contributed by atoms with Gasteiger partial charge < -0.3 is 5.32 Å². The van der Waals surface area contributed by atoms with E-state index in [2.05, 4.69) is 5.32 Å². The molecule has 4 heteroatoms. The summed E-state index contributed by atoms with van der Waals surface area (Å²) in [5.41, 5.74) is 0. The van der Waals surface area contributed by atoms with Crippen molar-refractivity contribution in [2.45, 2.75) is 6.42 Å². The normalized spacial score (nSPS) is 36.9. The zero-order valence-corrected chi connectivity index (χ0v) is 7.23. The minimum Gasteiger partial charge on any atom is -0.316 e. The second-order valence-electron chi connectivity index (χ2n) is 3.58. The van der Waals surface area contributed by atoms with Gasteiger partial charge in [0.05, 0.1) is 11.5 Å². The standard InChI is InChI=1S/C7H13NO2S/c9-11(10)2-1-6(5-11)7-3-8-4-7/h6-8H,1-5H2. The van der Waals surface area contributed by atoms with E-state index in [4.69, 9.17) is 0 Å². The van der Waals surface area contributed by atoms with Gasteiger partial charge in [-0.05, 0) is 31.3 Å². The number of rotatable bonds is 1. The molecule has 0 spiro atoms. The largest absolute Gasteiger partial charge is 0.316 e. The monoisotopic (exact) mass is 175 g/mol. The molecule has 1 atom stereocenters. The average Bonchev–Trinajstić information content (AvgIpc) is 2.05. The summed E-state index contributed by atoms with van der Waals surface area (Å²) >= 11 is 0. The summed E-state index contributed by atoms with van der Waals surface area (Å²) in [4.78, 5) is 0. The van der Waals surface area contributed by atoms with Crippen molar-refractivity contribution in [2.24, 2.45) is 11.8 Å². The first-order chi connectivity index (χ1) is 5.17. The van der Waals surface area contributed by atoms with Crippen LogP contribution in [0, 0.1) is 11.8 Å². The molecule has 2 saturated heterocycles. The van der Waals surface area contributed by atoms with Gasteiger partial charge in [0.1, 0.15) is 0 Å². The molecule has 2 aliphatic heterocycles. The Morgan fingerprint density at radius 3 is 2.27 bits per heavy atom. The molecule has 2 fully saturated rings. The van der Waals surface area contributed by atoms with Gasteiger partial charge in [-0.3, -0.25) is 0 Å². The highest BCUT2D eigenvalue weighted by molar-refractivity contribution is 7.91. The van der Waals surface area contributed by atoms with Gasteiger partial charge in [-0.1, -0.05) is 0 Å². The van der Waals surface area contributed by atoms with Crippen molar-refractivity contribution in [3.8, 4) is 0 Å².